The topological polar surface area (TPSA) is 64.7 Å². The van der Waals surface area contributed by atoms with E-state index >= 15 is 0 Å². The summed E-state index contributed by atoms with van der Waals surface area (Å²) in [6.45, 7) is 3.12. The maximum absolute atomic E-state index is 9.17. The van der Waals surface area contributed by atoms with Gasteiger partial charge in [0.25, 0.3) is 0 Å². The first kappa shape index (κ1) is 21.3. The predicted octanol–water partition coefficient (Wildman–Crippen LogP) is 3.60. The van der Waals surface area contributed by atoms with Gasteiger partial charge in [0, 0.05) is 12.0 Å². The van der Waals surface area contributed by atoms with E-state index in [1.54, 1.807) is 0 Å². The monoisotopic (exact) mass is 365 g/mol. The molecule has 0 saturated heterocycles. The fourth-order valence-electron chi connectivity index (χ4n) is 2.22. The highest BCUT2D eigenvalue weighted by molar-refractivity contribution is 5.85. The molecule has 0 saturated carbocycles. The molecule has 0 fully saturated rings. The molecule has 0 aliphatic rings. The summed E-state index contributed by atoms with van der Waals surface area (Å²) in [5.41, 5.74) is 6.62. The summed E-state index contributed by atoms with van der Waals surface area (Å²) in [5, 5.41) is 9.17. The van der Waals surface area contributed by atoms with Crippen molar-refractivity contribution in [3.05, 3.63) is 60.2 Å². The number of benzene rings is 2. The van der Waals surface area contributed by atoms with Gasteiger partial charge in [0.15, 0.2) is 0 Å². The number of para-hydroxylation sites is 1. The summed E-state index contributed by atoms with van der Waals surface area (Å²) < 4.78 is 11.3. The molecule has 0 amide bonds. The van der Waals surface area contributed by atoms with Gasteiger partial charge in [-0.05, 0) is 49.6 Å². The fraction of sp³-hybridized carbons (Fsp3) is 0.400. The molecule has 138 valence electrons. The zero-order chi connectivity index (χ0) is 17.3. The van der Waals surface area contributed by atoms with Gasteiger partial charge in [-0.3, -0.25) is 0 Å². The van der Waals surface area contributed by atoms with Gasteiger partial charge < -0.3 is 20.3 Å². The molecular formula is C20H28ClNO3. The molecule has 3 N–H and O–H groups in total. The lowest BCUT2D eigenvalue weighted by Crippen LogP contribution is -2.40. The molecule has 0 heterocycles. The molecule has 2 rings (SSSR count). The van der Waals surface area contributed by atoms with Crippen molar-refractivity contribution in [3.8, 4) is 11.5 Å². The number of hydrogen-bond donors (Lipinski definition) is 2. The van der Waals surface area contributed by atoms with E-state index < -0.39 is 5.54 Å². The van der Waals surface area contributed by atoms with E-state index in [0.717, 1.165) is 30.8 Å². The van der Waals surface area contributed by atoms with E-state index in [1.165, 1.54) is 5.56 Å². The standard InChI is InChI=1S/C20H27NO3.ClH/c1-20(21,16-22)13-12-17-8-10-19(11-9-17)24-15-5-14-23-18-6-3-2-4-7-18;/h2-4,6-11,22H,5,12-16,21H2,1H3;1H/t20-;/m1./s1. The Balaban J connectivity index is 0.00000312. The lowest BCUT2D eigenvalue weighted by atomic mass is 9.95. The Morgan fingerprint density at radius 3 is 2.04 bits per heavy atom. The van der Waals surface area contributed by atoms with Crippen LogP contribution in [0.1, 0.15) is 25.3 Å². The van der Waals surface area contributed by atoms with Crippen LogP contribution in [-0.4, -0.2) is 30.5 Å². The van der Waals surface area contributed by atoms with Crippen LogP contribution in [0.4, 0.5) is 0 Å². The Bertz CT molecular complexity index is 588. The predicted molar refractivity (Wildman–Crippen MR) is 104 cm³/mol. The van der Waals surface area contributed by atoms with Crippen molar-refractivity contribution >= 4 is 12.4 Å². The van der Waals surface area contributed by atoms with Crippen molar-refractivity contribution in [2.75, 3.05) is 19.8 Å². The summed E-state index contributed by atoms with van der Waals surface area (Å²) >= 11 is 0. The number of rotatable bonds is 10. The first-order valence-corrected chi connectivity index (χ1v) is 8.38. The van der Waals surface area contributed by atoms with Crippen LogP contribution in [0.15, 0.2) is 54.6 Å². The molecule has 0 bridgehead atoms. The third-order valence-corrected chi connectivity index (χ3v) is 3.84. The summed E-state index contributed by atoms with van der Waals surface area (Å²) in [5.74, 6) is 1.74. The molecule has 1 atom stereocenters. The quantitative estimate of drug-likeness (QED) is 0.631. The number of ether oxygens (including phenoxy) is 2. The molecule has 0 aromatic heterocycles. The second-order valence-electron chi connectivity index (χ2n) is 6.32. The normalized spacial score (nSPS) is 12.8. The van der Waals surface area contributed by atoms with Crippen LogP contribution in [0.5, 0.6) is 11.5 Å². The smallest absolute Gasteiger partial charge is 0.119 e. The van der Waals surface area contributed by atoms with Crippen LogP contribution in [0.3, 0.4) is 0 Å². The highest BCUT2D eigenvalue weighted by Gasteiger charge is 2.16. The third-order valence-electron chi connectivity index (χ3n) is 3.84. The molecule has 0 aliphatic heterocycles. The molecule has 0 spiro atoms. The van der Waals surface area contributed by atoms with Crippen molar-refractivity contribution in [3.63, 3.8) is 0 Å². The Labute approximate surface area is 156 Å². The Morgan fingerprint density at radius 1 is 0.920 bits per heavy atom. The fourth-order valence-corrected chi connectivity index (χ4v) is 2.22. The average molecular weight is 366 g/mol. The Kier molecular flexibility index (Phi) is 9.35. The second-order valence-corrected chi connectivity index (χ2v) is 6.32. The van der Waals surface area contributed by atoms with Gasteiger partial charge in [-0.15, -0.1) is 12.4 Å². The maximum atomic E-state index is 9.17. The van der Waals surface area contributed by atoms with E-state index in [2.05, 4.69) is 0 Å². The maximum Gasteiger partial charge on any atom is 0.119 e. The highest BCUT2D eigenvalue weighted by atomic mass is 35.5. The first-order valence-electron chi connectivity index (χ1n) is 8.38. The number of nitrogens with two attached hydrogens (primary N) is 1. The van der Waals surface area contributed by atoms with Gasteiger partial charge in [0.05, 0.1) is 19.8 Å². The van der Waals surface area contributed by atoms with Gasteiger partial charge in [-0.1, -0.05) is 30.3 Å². The largest absolute Gasteiger partial charge is 0.493 e. The van der Waals surface area contributed by atoms with Crippen LogP contribution in [0.25, 0.3) is 0 Å². The molecule has 5 heteroatoms. The van der Waals surface area contributed by atoms with Crippen LogP contribution < -0.4 is 15.2 Å². The van der Waals surface area contributed by atoms with Gasteiger partial charge in [-0.2, -0.15) is 0 Å². The molecule has 0 radical (unpaired) electrons. The van der Waals surface area contributed by atoms with Crippen molar-refractivity contribution in [1.29, 1.82) is 0 Å². The van der Waals surface area contributed by atoms with Crippen LogP contribution in [-0.2, 0) is 6.42 Å². The first-order chi connectivity index (χ1) is 11.6. The van der Waals surface area contributed by atoms with Gasteiger partial charge in [0.2, 0.25) is 0 Å². The zero-order valence-corrected chi connectivity index (χ0v) is 15.5. The molecule has 0 aliphatic carbocycles. The lowest BCUT2D eigenvalue weighted by molar-refractivity contribution is 0.200. The van der Waals surface area contributed by atoms with Crippen LogP contribution in [0, 0.1) is 0 Å². The minimum Gasteiger partial charge on any atom is -0.493 e. The molecule has 2 aromatic rings. The van der Waals surface area contributed by atoms with Crippen molar-refractivity contribution in [2.45, 2.75) is 31.7 Å². The Hall–Kier alpha value is -1.75. The van der Waals surface area contributed by atoms with Crippen LogP contribution in [0.2, 0.25) is 0 Å². The third kappa shape index (κ3) is 8.25. The summed E-state index contributed by atoms with van der Waals surface area (Å²) in [6.07, 6.45) is 2.43. The molecule has 2 aromatic carbocycles. The minimum absolute atomic E-state index is 0. The number of aliphatic hydroxyl groups excluding tert-OH is 1. The number of aryl methyl sites for hydroxylation is 1. The Morgan fingerprint density at radius 2 is 1.48 bits per heavy atom. The number of aliphatic hydroxyl groups is 1. The minimum atomic E-state index is -0.520. The van der Waals surface area contributed by atoms with E-state index in [-0.39, 0.29) is 19.0 Å². The molecule has 0 unspecified atom stereocenters. The van der Waals surface area contributed by atoms with E-state index in [0.29, 0.717) is 13.2 Å². The summed E-state index contributed by atoms with van der Waals surface area (Å²) in [4.78, 5) is 0. The lowest BCUT2D eigenvalue weighted by Gasteiger charge is -2.21. The number of hydrogen-bond acceptors (Lipinski definition) is 4. The molecule has 25 heavy (non-hydrogen) atoms. The van der Waals surface area contributed by atoms with E-state index in [4.69, 9.17) is 15.2 Å². The summed E-state index contributed by atoms with van der Waals surface area (Å²) in [6, 6.07) is 17.8. The van der Waals surface area contributed by atoms with Gasteiger partial charge >= 0.3 is 0 Å². The number of halogens is 1. The average Bonchev–Trinajstić information content (AvgIpc) is 2.62. The van der Waals surface area contributed by atoms with Crippen molar-refractivity contribution in [1.82, 2.24) is 0 Å². The SMILES string of the molecule is C[C@](N)(CO)CCc1ccc(OCCCOc2ccccc2)cc1.Cl. The highest BCUT2D eigenvalue weighted by Crippen LogP contribution is 2.16. The zero-order valence-electron chi connectivity index (χ0n) is 14.7. The second kappa shape index (κ2) is 11.0. The van der Waals surface area contributed by atoms with Crippen LogP contribution >= 0.6 is 12.4 Å². The molecular weight excluding hydrogens is 338 g/mol. The van der Waals surface area contributed by atoms with Gasteiger partial charge in [-0.25, -0.2) is 0 Å². The van der Waals surface area contributed by atoms with Gasteiger partial charge in [0.1, 0.15) is 11.5 Å². The van der Waals surface area contributed by atoms with Crippen molar-refractivity contribution in [2.24, 2.45) is 5.73 Å². The van der Waals surface area contributed by atoms with Crippen molar-refractivity contribution < 1.29 is 14.6 Å². The van der Waals surface area contributed by atoms with E-state index in [9.17, 15) is 5.11 Å². The van der Waals surface area contributed by atoms with E-state index in [1.807, 2.05) is 61.5 Å². The molecule has 4 nitrogen and oxygen atoms in total. The summed E-state index contributed by atoms with van der Waals surface area (Å²) in [7, 11) is 0.